The summed E-state index contributed by atoms with van der Waals surface area (Å²) < 4.78 is 0. The van der Waals surface area contributed by atoms with Crippen LogP contribution in [0.25, 0.3) is 0 Å². The van der Waals surface area contributed by atoms with Crippen LogP contribution in [0.2, 0.25) is 5.02 Å². The Kier molecular flexibility index (Phi) is 5.51. The summed E-state index contributed by atoms with van der Waals surface area (Å²) >= 11 is 7.53. The average molecular weight is 241 g/mol. The van der Waals surface area contributed by atoms with Crippen molar-refractivity contribution in [1.82, 2.24) is 0 Å². The molecule has 0 heterocycles. The molecular formula is C12H13ClOS. The van der Waals surface area contributed by atoms with Crippen LogP contribution in [0.1, 0.15) is 13.3 Å². The standard InChI is InChI=1S/C12H13ClOS/c1-10(14)4-2-3-9-15-12-7-5-11(13)6-8-12/h2,4-8H,3,9H2,1H3. The maximum atomic E-state index is 10.6. The van der Waals surface area contributed by atoms with Crippen LogP contribution in [0.4, 0.5) is 0 Å². The molecule has 0 saturated carbocycles. The molecule has 0 bridgehead atoms. The number of hydrogen-bond donors (Lipinski definition) is 0. The minimum absolute atomic E-state index is 0.103. The fraction of sp³-hybridized carbons (Fsp3) is 0.250. The smallest absolute Gasteiger partial charge is 0.152 e. The number of thioether (sulfide) groups is 1. The van der Waals surface area contributed by atoms with Crippen LogP contribution >= 0.6 is 23.4 Å². The number of allylic oxidation sites excluding steroid dienone is 2. The van der Waals surface area contributed by atoms with Gasteiger partial charge in [0.25, 0.3) is 0 Å². The van der Waals surface area contributed by atoms with E-state index in [-0.39, 0.29) is 5.78 Å². The van der Waals surface area contributed by atoms with Crippen molar-refractivity contribution in [3.05, 3.63) is 41.4 Å². The minimum Gasteiger partial charge on any atom is -0.295 e. The van der Waals surface area contributed by atoms with Gasteiger partial charge in [-0.3, -0.25) is 4.79 Å². The fourth-order valence-corrected chi connectivity index (χ4v) is 1.97. The normalized spacial score (nSPS) is 10.8. The van der Waals surface area contributed by atoms with Gasteiger partial charge in [-0.05, 0) is 43.7 Å². The van der Waals surface area contributed by atoms with Gasteiger partial charge in [0.05, 0.1) is 0 Å². The van der Waals surface area contributed by atoms with Crippen LogP contribution in [0, 0.1) is 0 Å². The van der Waals surface area contributed by atoms with Crippen LogP contribution < -0.4 is 0 Å². The summed E-state index contributed by atoms with van der Waals surface area (Å²) in [5, 5.41) is 0.760. The molecule has 15 heavy (non-hydrogen) atoms. The van der Waals surface area contributed by atoms with Gasteiger partial charge in [-0.2, -0.15) is 0 Å². The minimum atomic E-state index is 0.103. The Bertz CT molecular complexity index is 343. The second kappa shape index (κ2) is 6.70. The Morgan fingerprint density at radius 2 is 2.07 bits per heavy atom. The number of carbonyl (C=O) groups excluding carboxylic acids is 1. The number of ketones is 1. The van der Waals surface area contributed by atoms with E-state index < -0.39 is 0 Å². The highest BCUT2D eigenvalue weighted by Gasteiger charge is 1.92. The van der Waals surface area contributed by atoms with Gasteiger partial charge in [0.2, 0.25) is 0 Å². The van der Waals surface area contributed by atoms with Crippen molar-refractivity contribution >= 4 is 29.1 Å². The zero-order chi connectivity index (χ0) is 11.1. The number of rotatable bonds is 5. The first kappa shape index (κ1) is 12.3. The van der Waals surface area contributed by atoms with Crippen molar-refractivity contribution in [2.75, 3.05) is 5.75 Å². The maximum Gasteiger partial charge on any atom is 0.152 e. The first-order chi connectivity index (χ1) is 7.18. The van der Waals surface area contributed by atoms with Crippen molar-refractivity contribution < 1.29 is 4.79 Å². The lowest BCUT2D eigenvalue weighted by molar-refractivity contribution is -0.112. The van der Waals surface area contributed by atoms with Gasteiger partial charge in [0, 0.05) is 15.7 Å². The van der Waals surface area contributed by atoms with Gasteiger partial charge in [-0.25, -0.2) is 0 Å². The monoisotopic (exact) mass is 240 g/mol. The topological polar surface area (TPSA) is 17.1 Å². The summed E-state index contributed by atoms with van der Waals surface area (Å²) in [4.78, 5) is 11.8. The molecule has 0 amide bonds. The van der Waals surface area contributed by atoms with Crippen LogP contribution in [-0.2, 0) is 4.79 Å². The van der Waals surface area contributed by atoms with Crippen LogP contribution in [0.15, 0.2) is 41.3 Å². The first-order valence-corrected chi connectivity index (χ1v) is 6.10. The Morgan fingerprint density at radius 1 is 1.40 bits per heavy atom. The van der Waals surface area contributed by atoms with E-state index in [0.717, 1.165) is 17.2 Å². The average Bonchev–Trinajstić information content (AvgIpc) is 2.20. The highest BCUT2D eigenvalue weighted by Crippen LogP contribution is 2.20. The van der Waals surface area contributed by atoms with Crippen molar-refractivity contribution in [3.63, 3.8) is 0 Å². The molecule has 1 aromatic carbocycles. The molecule has 0 fully saturated rings. The van der Waals surface area contributed by atoms with Crippen LogP contribution in [-0.4, -0.2) is 11.5 Å². The SMILES string of the molecule is CC(=O)C=CCCSc1ccc(Cl)cc1. The van der Waals surface area contributed by atoms with Crippen molar-refractivity contribution in [3.8, 4) is 0 Å². The predicted molar refractivity (Wildman–Crippen MR) is 66.6 cm³/mol. The Labute approximate surface area is 99.5 Å². The van der Waals surface area contributed by atoms with Gasteiger partial charge in [-0.15, -0.1) is 11.8 Å². The summed E-state index contributed by atoms with van der Waals surface area (Å²) in [5.41, 5.74) is 0. The van der Waals surface area contributed by atoms with Crippen molar-refractivity contribution in [2.45, 2.75) is 18.2 Å². The summed E-state index contributed by atoms with van der Waals surface area (Å²) in [7, 11) is 0. The summed E-state index contributed by atoms with van der Waals surface area (Å²) in [6.07, 6.45) is 4.43. The molecular weight excluding hydrogens is 228 g/mol. The van der Waals surface area contributed by atoms with E-state index in [0.29, 0.717) is 0 Å². The van der Waals surface area contributed by atoms with E-state index in [1.165, 1.54) is 4.90 Å². The van der Waals surface area contributed by atoms with E-state index in [9.17, 15) is 4.79 Å². The molecule has 0 saturated heterocycles. The molecule has 0 spiro atoms. The summed E-state index contributed by atoms with van der Waals surface area (Å²) in [6.45, 7) is 1.56. The highest BCUT2D eigenvalue weighted by atomic mass is 35.5. The van der Waals surface area contributed by atoms with Gasteiger partial charge >= 0.3 is 0 Å². The van der Waals surface area contributed by atoms with E-state index in [2.05, 4.69) is 0 Å². The molecule has 1 nitrogen and oxygen atoms in total. The second-order valence-electron chi connectivity index (χ2n) is 3.10. The molecule has 0 aliphatic carbocycles. The van der Waals surface area contributed by atoms with Gasteiger partial charge < -0.3 is 0 Å². The zero-order valence-corrected chi connectivity index (χ0v) is 10.1. The third kappa shape index (κ3) is 5.65. The molecule has 80 valence electrons. The molecule has 0 N–H and O–H groups in total. The molecule has 0 aliphatic heterocycles. The lowest BCUT2D eigenvalue weighted by atomic mass is 10.3. The van der Waals surface area contributed by atoms with Gasteiger partial charge in [0.15, 0.2) is 5.78 Å². The van der Waals surface area contributed by atoms with E-state index >= 15 is 0 Å². The van der Waals surface area contributed by atoms with Crippen LogP contribution in [0.5, 0.6) is 0 Å². The zero-order valence-electron chi connectivity index (χ0n) is 8.57. The van der Waals surface area contributed by atoms with Crippen molar-refractivity contribution in [2.24, 2.45) is 0 Å². The molecule has 1 aromatic rings. The third-order valence-corrected chi connectivity index (χ3v) is 3.02. The van der Waals surface area contributed by atoms with E-state index in [1.807, 2.05) is 30.3 Å². The Balaban J connectivity index is 2.26. The van der Waals surface area contributed by atoms with Gasteiger partial charge in [-0.1, -0.05) is 17.7 Å². The van der Waals surface area contributed by atoms with Crippen LogP contribution in [0.3, 0.4) is 0 Å². The lowest BCUT2D eigenvalue weighted by Gasteiger charge is -1.98. The van der Waals surface area contributed by atoms with Crippen molar-refractivity contribution in [1.29, 1.82) is 0 Å². The predicted octanol–water partition coefficient (Wildman–Crippen LogP) is 3.97. The molecule has 0 aromatic heterocycles. The van der Waals surface area contributed by atoms with E-state index in [1.54, 1.807) is 24.8 Å². The number of hydrogen-bond acceptors (Lipinski definition) is 2. The number of benzene rings is 1. The van der Waals surface area contributed by atoms with E-state index in [4.69, 9.17) is 11.6 Å². The molecule has 0 unspecified atom stereocenters. The Morgan fingerprint density at radius 3 is 2.67 bits per heavy atom. The largest absolute Gasteiger partial charge is 0.295 e. The number of halogens is 1. The third-order valence-electron chi connectivity index (χ3n) is 1.72. The molecule has 3 heteroatoms. The number of carbonyl (C=O) groups is 1. The maximum absolute atomic E-state index is 10.6. The molecule has 0 aliphatic rings. The molecule has 0 atom stereocenters. The highest BCUT2D eigenvalue weighted by molar-refractivity contribution is 7.99. The van der Waals surface area contributed by atoms with Gasteiger partial charge in [0.1, 0.15) is 0 Å². The Hall–Kier alpha value is -0.730. The fourth-order valence-electron chi connectivity index (χ4n) is 1.02. The lowest BCUT2D eigenvalue weighted by Crippen LogP contribution is -1.81. The first-order valence-electron chi connectivity index (χ1n) is 4.74. The summed E-state index contributed by atoms with van der Waals surface area (Å²) in [6, 6.07) is 7.77. The molecule has 0 radical (unpaired) electrons. The second-order valence-corrected chi connectivity index (χ2v) is 4.71. The quantitative estimate of drug-likeness (QED) is 0.440. The summed E-state index contributed by atoms with van der Waals surface area (Å²) in [5.74, 6) is 1.08. The molecule has 1 rings (SSSR count).